The fraction of sp³-hybridized carbons (Fsp3) is 0.0526. The lowest BCUT2D eigenvalue weighted by Gasteiger charge is -2.08. The molecule has 1 amide bonds. The van der Waals surface area contributed by atoms with Crippen molar-refractivity contribution in [1.82, 2.24) is 4.98 Å². The van der Waals surface area contributed by atoms with Gasteiger partial charge in [-0.05, 0) is 54.1 Å². The Morgan fingerprint density at radius 3 is 2.50 bits per heavy atom. The van der Waals surface area contributed by atoms with Crippen molar-refractivity contribution >= 4 is 5.91 Å². The Morgan fingerprint density at radius 2 is 1.79 bits per heavy atom. The lowest BCUT2D eigenvalue weighted by molar-refractivity contribution is 0.0995. The van der Waals surface area contributed by atoms with Gasteiger partial charge in [0, 0.05) is 5.56 Å². The van der Waals surface area contributed by atoms with Crippen molar-refractivity contribution in [3.63, 3.8) is 0 Å². The normalized spacial score (nSPS) is 10.4. The van der Waals surface area contributed by atoms with E-state index in [1.165, 1.54) is 12.1 Å². The maximum Gasteiger partial charge on any atom is 0.267 e. The number of amides is 1. The molecule has 4 nitrogen and oxygen atoms in total. The highest BCUT2D eigenvalue weighted by Crippen LogP contribution is 2.21. The molecule has 2 N–H and O–H groups in total. The van der Waals surface area contributed by atoms with E-state index in [-0.39, 0.29) is 18.1 Å². The number of hydrogen-bond acceptors (Lipinski definition) is 3. The molecule has 0 bridgehead atoms. The number of hydrogen-bond donors (Lipinski definition) is 1. The van der Waals surface area contributed by atoms with Crippen molar-refractivity contribution in [3.05, 3.63) is 83.8 Å². The average Bonchev–Trinajstić information content (AvgIpc) is 2.60. The van der Waals surface area contributed by atoms with Gasteiger partial charge in [-0.25, -0.2) is 9.37 Å². The zero-order valence-corrected chi connectivity index (χ0v) is 12.8. The Morgan fingerprint density at radius 1 is 1.04 bits per heavy atom. The van der Waals surface area contributed by atoms with Gasteiger partial charge in [-0.2, -0.15) is 0 Å². The van der Waals surface area contributed by atoms with E-state index in [1.807, 2.05) is 12.1 Å². The Labute approximate surface area is 138 Å². The van der Waals surface area contributed by atoms with Gasteiger partial charge in [0.15, 0.2) is 0 Å². The third-order valence-corrected chi connectivity index (χ3v) is 3.45. The molecule has 0 atom stereocenters. The Hall–Kier alpha value is -3.21. The zero-order valence-electron chi connectivity index (χ0n) is 12.8. The third-order valence-electron chi connectivity index (χ3n) is 3.45. The van der Waals surface area contributed by atoms with Gasteiger partial charge >= 0.3 is 0 Å². The first kappa shape index (κ1) is 15.7. The van der Waals surface area contributed by atoms with Crippen LogP contribution in [0.25, 0.3) is 11.3 Å². The smallest absolute Gasteiger partial charge is 0.267 e. The van der Waals surface area contributed by atoms with Gasteiger partial charge in [0.25, 0.3) is 5.91 Å². The quantitative estimate of drug-likeness (QED) is 0.781. The molecule has 24 heavy (non-hydrogen) atoms. The van der Waals surface area contributed by atoms with Crippen LogP contribution < -0.4 is 10.5 Å². The summed E-state index contributed by atoms with van der Waals surface area (Å²) in [6, 6.07) is 18.7. The summed E-state index contributed by atoms with van der Waals surface area (Å²) in [4.78, 5) is 15.4. The SMILES string of the molecule is NC(=O)c1cccc(-c2ccc(OCc3cccc(F)c3)cc2)n1. The second-order valence-electron chi connectivity index (χ2n) is 5.22. The monoisotopic (exact) mass is 322 g/mol. The van der Waals surface area contributed by atoms with Gasteiger partial charge in [-0.1, -0.05) is 18.2 Å². The van der Waals surface area contributed by atoms with E-state index in [0.717, 1.165) is 11.1 Å². The van der Waals surface area contributed by atoms with Crippen molar-refractivity contribution in [2.45, 2.75) is 6.61 Å². The van der Waals surface area contributed by atoms with Crippen molar-refractivity contribution in [2.75, 3.05) is 0 Å². The summed E-state index contributed by atoms with van der Waals surface area (Å²) in [6.07, 6.45) is 0. The van der Waals surface area contributed by atoms with Gasteiger partial charge in [0.1, 0.15) is 23.9 Å². The molecule has 0 aliphatic heterocycles. The van der Waals surface area contributed by atoms with Crippen LogP contribution in [0, 0.1) is 5.82 Å². The molecule has 1 heterocycles. The molecule has 1 aromatic heterocycles. The molecule has 3 rings (SSSR count). The molecule has 0 aliphatic rings. The first-order chi connectivity index (χ1) is 11.6. The van der Waals surface area contributed by atoms with Crippen LogP contribution in [0.15, 0.2) is 66.7 Å². The fourth-order valence-corrected chi connectivity index (χ4v) is 2.25. The van der Waals surface area contributed by atoms with E-state index < -0.39 is 5.91 Å². The average molecular weight is 322 g/mol. The van der Waals surface area contributed by atoms with E-state index in [9.17, 15) is 9.18 Å². The molecule has 2 aromatic carbocycles. The molecule has 5 heteroatoms. The summed E-state index contributed by atoms with van der Waals surface area (Å²) in [6.45, 7) is 0.284. The van der Waals surface area contributed by atoms with Crippen LogP contribution in [-0.4, -0.2) is 10.9 Å². The molecule has 0 radical (unpaired) electrons. The highest BCUT2D eigenvalue weighted by Gasteiger charge is 2.05. The van der Waals surface area contributed by atoms with E-state index in [2.05, 4.69) is 4.98 Å². The van der Waals surface area contributed by atoms with E-state index in [4.69, 9.17) is 10.5 Å². The maximum absolute atomic E-state index is 13.1. The summed E-state index contributed by atoms with van der Waals surface area (Å²) in [5.41, 5.74) is 7.72. The van der Waals surface area contributed by atoms with Crippen LogP contribution in [0.5, 0.6) is 5.75 Å². The number of primary amides is 1. The number of pyridine rings is 1. The molecule has 0 unspecified atom stereocenters. The van der Waals surface area contributed by atoms with Gasteiger partial charge in [0.2, 0.25) is 0 Å². The second kappa shape index (κ2) is 6.91. The molecule has 0 fully saturated rings. The Balaban J connectivity index is 1.71. The highest BCUT2D eigenvalue weighted by atomic mass is 19.1. The minimum absolute atomic E-state index is 0.221. The van der Waals surface area contributed by atoms with Crippen LogP contribution in [0.3, 0.4) is 0 Å². The Bertz CT molecular complexity index is 863. The van der Waals surface area contributed by atoms with E-state index in [0.29, 0.717) is 11.4 Å². The molecular weight excluding hydrogens is 307 g/mol. The predicted molar refractivity (Wildman–Crippen MR) is 88.9 cm³/mol. The highest BCUT2D eigenvalue weighted by molar-refractivity contribution is 5.91. The molecule has 0 saturated carbocycles. The molecular formula is C19H15FN2O2. The Kier molecular flexibility index (Phi) is 4.52. The number of carbonyl (C=O) groups excluding carboxylic acids is 1. The number of benzene rings is 2. The second-order valence-corrected chi connectivity index (χ2v) is 5.22. The summed E-state index contributed by atoms with van der Waals surface area (Å²) < 4.78 is 18.8. The van der Waals surface area contributed by atoms with Crippen molar-refractivity contribution in [1.29, 1.82) is 0 Å². The molecule has 0 saturated heterocycles. The van der Waals surface area contributed by atoms with E-state index >= 15 is 0 Å². The van der Waals surface area contributed by atoms with Crippen molar-refractivity contribution in [2.24, 2.45) is 5.73 Å². The standard InChI is InChI=1S/C19H15FN2O2/c20-15-4-1-3-13(11-15)12-24-16-9-7-14(8-10-16)17-5-2-6-18(22-17)19(21)23/h1-11H,12H2,(H2,21,23). The molecule has 0 spiro atoms. The van der Waals surface area contributed by atoms with E-state index in [1.54, 1.807) is 42.5 Å². The summed E-state index contributed by atoms with van der Waals surface area (Å²) >= 11 is 0. The maximum atomic E-state index is 13.1. The predicted octanol–water partition coefficient (Wildman–Crippen LogP) is 3.57. The number of carbonyl (C=O) groups is 1. The largest absolute Gasteiger partial charge is 0.489 e. The topological polar surface area (TPSA) is 65.2 Å². The molecule has 3 aromatic rings. The minimum atomic E-state index is -0.563. The third kappa shape index (κ3) is 3.76. The zero-order chi connectivity index (χ0) is 16.9. The first-order valence-corrected chi connectivity index (χ1v) is 7.36. The number of aromatic nitrogens is 1. The number of nitrogens with zero attached hydrogens (tertiary/aromatic N) is 1. The minimum Gasteiger partial charge on any atom is -0.489 e. The van der Waals surface area contributed by atoms with Crippen LogP contribution in [0.1, 0.15) is 16.1 Å². The number of rotatable bonds is 5. The summed E-state index contributed by atoms with van der Waals surface area (Å²) in [5, 5.41) is 0. The summed E-state index contributed by atoms with van der Waals surface area (Å²) in [7, 11) is 0. The van der Waals surface area contributed by atoms with Crippen molar-refractivity contribution < 1.29 is 13.9 Å². The van der Waals surface area contributed by atoms with Gasteiger partial charge in [0.05, 0.1) is 5.69 Å². The van der Waals surface area contributed by atoms with Crippen LogP contribution in [0.2, 0.25) is 0 Å². The number of ether oxygens (including phenoxy) is 1. The fourth-order valence-electron chi connectivity index (χ4n) is 2.25. The van der Waals surface area contributed by atoms with Gasteiger partial charge in [-0.15, -0.1) is 0 Å². The number of nitrogens with two attached hydrogens (primary N) is 1. The molecule has 120 valence electrons. The van der Waals surface area contributed by atoms with Crippen LogP contribution in [-0.2, 0) is 6.61 Å². The summed E-state index contributed by atoms with van der Waals surface area (Å²) in [5.74, 6) is -0.187. The lowest BCUT2D eigenvalue weighted by Crippen LogP contribution is -2.12. The van der Waals surface area contributed by atoms with Gasteiger partial charge < -0.3 is 10.5 Å². The van der Waals surface area contributed by atoms with Crippen molar-refractivity contribution in [3.8, 4) is 17.0 Å². The number of halogens is 1. The lowest BCUT2D eigenvalue weighted by atomic mass is 10.1. The van der Waals surface area contributed by atoms with Crippen LogP contribution >= 0.6 is 0 Å². The first-order valence-electron chi connectivity index (χ1n) is 7.36. The van der Waals surface area contributed by atoms with Crippen LogP contribution in [0.4, 0.5) is 4.39 Å². The molecule has 0 aliphatic carbocycles. The van der Waals surface area contributed by atoms with Gasteiger partial charge in [-0.3, -0.25) is 4.79 Å².